The fourth-order valence-corrected chi connectivity index (χ4v) is 2.07. The molecule has 0 spiro atoms. The van der Waals surface area contributed by atoms with Gasteiger partial charge in [0, 0.05) is 18.1 Å². The van der Waals surface area contributed by atoms with Crippen LogP contribution >= 0.6 is 11.6 Å². The molecule has 0 fully saturated rings. The molecular formula is C18H15ClN4O3. The number of nitrogens with one attached hydrogen (secondary N) is 2. The summed E-state index contributed by atoms with van der Waals surface area (Å²) in [5.74, 6) is -1.05. The molecule has 26 heavy (non-hydrogen) atoms. The summed E-state index contributed by atoms with van der Waals surface area (Å²) in [6.07, 6.45) is 2.76. The molecule has 0 radical (unpaired) electrons. The van der Waals surface area contributed by atoms with Crippen LogP contribution in [0, 0.1) is 11.3 Å². The van der Waals surface area contributed by atoms with Gasteiger partial charge in [-0.2, -0.15) is 5.26 Å². The summed E-state index contributed by atoms with van der Waals surface area (Å²) in [5, 5.41) is 14.7. The molecule has 0 aliphatic carbocycles. The van der Waals surface area contributed by atoms with Gasteiger partial charge >= 0.3 is 5.97 Å². The molecule has 0 unspecified atom stereocenters. The summed E-state index contributed by atoms with van der Waals surface area (Å²) in [6.45, 7) is 2.00. The number of ether oxygens (including phenoxy) is 1. The van der Waals surface area contributed by atoms with Gasteiger partial charge in [0.05, 0.1) is 17.9 Å². The van der Waals surface area contributed by atoms with Crippen molar-refractivity contribution in [2.45, 2.75) is 6.92 Å². The predicted molar refractivity (Wildman–Crippen MR) is 97.6 cm³/mol. The summed E-state index contributed by atoms with van der Waals surface area (Å²) in [7, 11) is 0. The largest absolute Gasteiger partial charge is 0.462 e. The minimum absolute atomic E-state index is 0.153. The second-order valence-electron chi connectivity index (χ2n) is 4.91. The van der Waals surface area contributed by atoms with E-state index in [0.717, 1.165) is 0 Å². The van der Waals surface area contributed by atoms with E-state index < -0.39 is 11.9 Å². The average molecular weight is 371 g/mol. The number of nitrogens with zero attached hydrogens (tertiary/aromatic N) is 2. The Balaban J connectivity index is 2.05. The lowest BCUT2D eigenvalue weighted by molar-refractivity contribution is -0.112. The van der Waals surface area contributed by atoms with Crippen molar-refractivity contribution in [1.29, 1.82) is 5.26 Å². The second kappa shape index (κ2) is 9.20. The van der Waals surface area contributed by atoms with E-state index in [2.05, 4.69) is 15.6 Å². The van der Waals surface area contributed by atoms with Crippen LogP contribution in [0.25, 0.3) is 0 Å². The van der Waals surface area contributed by atoms with E-state index in [0.29, 0.717) is 16.9 Å². The quantitative estimate of drug-likeness (QED) is 0.349. The van der Waals surface area contributed by atoms with Crippen molar-refractivity contribution < 1.29 is 14.3 Å². The fraction of sp³-hybridized carbons (Fsp3) is 0.111. The van der Waals surface area contributed by atoms with E-state index in [4.69, 9.17) is 21.6 Å². The average Bonchev–Trinajstić information content (AvgIpc) is 2.64. The third kappa shape index (κ3) is 5.06. The van der Waals surface area contributed by atoms with Crippen molar-refractivity contribution >= 4 is 34.9 Å². The predicted octanol–water partition coefficient (Wildman–Crippen LogP) is 3.37. The minimum atomic E-state index is -0.608. The number of aromatic nitrogens is 1. The van der Waals surface area contributed by atoms with Gasteiger partial charge in [-0.15, -0.1) is 0 Å². The highest BCUT2D eigenvalue weighted by molar-refractivity contribution is 6.32. The molecule has 1 aromatic carbocycles. The molecule has 7 nitrogen and oxygen atoms in total. The topological polar surface area (TPSA) is 104 Å². The molecule has 1 heterocycles. The third-order valence-electron chi connectivity index (χ3n) is 3.15. The maximum absolute atomic E-state index is 12.2. The number of anilines is 2. The van der Waals surface area contributed by atoms with Crippen LogP contribution in [0.2, 0.25) is 5.15 Å². The molecule has 0 atom stereocenters. The van der Waals surface area contributed by atoms with Crippen molar-refractivity contribution in [1.82, 2.24) is 4.98 Å². The third-order valence-corrected chi connectivity index (χ3v) is 3.45. The van der Waals surface area contributed by atoms with Gasteiger partial charge in [-0.25, -0.2) is 9.78 Å². The minimum Gasteiger partial charge on any atom is -0.462 e. The summed E-state index contributed by atoms with van der Waals surface area (Å²) in [4.78, 5) is 27.7. The van der Waals surface area contributed by atoms with Gasteiger partial charge in [0.1, 0.15) is 11.6 Å². The number of carbonyl (C=O) groups excluding carboxylic acids is 2. The van der Waals surface area contributed by atoms with Crippen LogP contribution in [0.15, 0.2) is 54.4 Å². The Morgan fingerprint density at radius 2 is 2.04 bits per heavy atom. The zero-order valence-corrected chi connectivity index (χ0v) is 14.6. The second-order valence-corrected chi connectivity index (χ2v) is 5.27. The molecule has 2 rings (SSSR count). The highest BCUT2D eigenvalue weighted by Crippen LogP contribution is 2.18. The van der Waals surface area contributed by atoms with E-state index >= 15 is 0 Å². The number of hydrogen-bond donors (Lipinski definition) is 2. The first-order chi connectivity index (χ1) is 12.5. The zero-order valence-electron chi connectivity index (χ0n) is 13.8. The number of halogens is 1. The molecule has 1 aromatic heterocycles. The van der Waals surface area contributed by atoms with Crippen LogP contribution in [0.3, 0.4) is 0 Å². The van der Waals surface area contributed by atoms with Crippen LogP contribution in [0.4, 0.5) is 11.4 Å². The monoisotopic (exact) mass is 370 g/mol. The number of nitriles is 1. The normalized spacial score (nSPS) is 10.6. The Kier molecular flexibility index (Phi) is 6.71. The van der Waals surface area contributed by atoms with Gasteiger partial charge in [0.2, 0.25) is 0 Å². The van der Waals surface area contributed by atoms with E-state index in [9.17, 15) is 9.59 Å². The number of hydrogen-bond acceptors (Lipinski definition) is 6. The van der Waals surface area contributed by atoms with Crippen LogP contribution in [-0.4, -0.2) is 23.5 Å². The van der Waals surface area contributed by atoms with Gasteiger partial charge < -0.3 is 15.4 Å². The van der Waals surface area contributed by atoms with Crippen LogP contribution in [-0.2, 0) is 9.53 Å². The molecule has 1 amide bonds. The zero-order chi connectivity index (χ0) is 18.9. The molecule has 2 aromatic rings. The Morgan fingerprint density at radius 1 is 1.31 bits per heavy atom. The number of rotatable bonds is 6. The molecule has 0 saturated heterocycles. The lowest BCUT2D eigenvalue weighted by atomic mass is 10.2. The Hall–Kier alpha value is -3.37. The van der Waals surface area contributed by atoms with Gasteiger partial charge in [0.15, 0.2) is 5.15 Å². The molecule has 8 heteroatoms. The van der Waals surface area contributed by atoms with Crippen molar-refractivity contribution in [2.24, 2.45) is 0 Å². The molecule has 0 aliphatic heterocycles. The van der Waals surface area contributed by atoms with Crippen LogP contribution in [0.5, 0.6) is 0 Å². The van der Waals surface area contributed by atoms with E-state index in [1.807, 2.05) is 6.07 Å². The SMILES string of the molecule is CCOC(=O)c1ccc(NC(=O)/C(C#N)=C\Nc2cccnc2Cl)cc1. The summed E-state index contributed by atoms with van der Waals surface area (Å²) in [5.41, 5.74) is 1.12. The summed E-state index contributed by atoms with van der Waals surface area (Å²) < 4.78 is 4.89. The fourth-order valence-electron chi connectivity index (χ4n) is 1.89. The summed E-state index contributed by atoms with van der Waals surface area (Å²) in [6, 6.07) is 11.3. The highest BCUT2D eigenvalue weighted by atomic mass is 35.5. The van der Waals surface area contributed by atoms with Gasteiger partial charge in [-0.3, -0.25) is 4.79 Å². The van der Waals surface area contributed by atoms with Gasteiger partial charge in [-0.1, -0.05) is 11.6 Å². The lowest BCUT2D eigenvalue weighted by Crippen LogP contribution is -2.15. The number of esters is 1. The first-order valence-electron chi connectivity index (χ1n) is 7.61. The maximum Gasteiger partial charge on any atom is 0.338 e. The number of benzene rings is 1. The Bertz CT molecular complexity index is 873. The van der Waals surface area contributed by atoms with E-state index in [-0.39, 0.29) is 17.3 Å². The molecular weight excluding hydrogens is 356 g/mol. The van der Waals surface area contributed by atoms with E-state index in [1.54, 1.807) is 31.2 Å². The standard InChI is InChI=1S/C18H15ClN4O3/c1-2-26-18(25)12-5-7-14(8-6-12)23-17(24)13(10-20)11-22-15-4-3-9-21-16(15)19/h3-9,11,22H,2H2,1H3,(H,23,24)/b13-11-. The van der Waals surface area contributed by atoms with Crippen molar-refractivity contribution in [2.75, 3.05) is 17.2 Å². The number of amides is 1. The maximum atomic E-state index is 12.2. The lowest BCUT2D eigenvalue weighted by Gasteiger charge is -2.07. The van der Waals surface area contributed by atoms with Crippen molar-refractivity contribution in [3.8, 4) is 6.07 Å². The molecule has 0 saturated carbocycles. The summed E-state index contributed by atoms with van der Waals surface area (Å²) >= 11 is 5.90. The Labute approximate surface area is 155 Å². The highest BCUT2D eigenvalue weighted by Gasteiger charge is 2.11. The first-order valence-corrected chi connectivity index (χ1v) is 7.98. The van der Waals surface area contributed by atoms with Gasteiger partial charge in [-0.05, 0) is 43.3 Å². The first kappa shape index (κ1) is 19.0. The molecule has 2 N–H and O–H groups in total. The van der Waals surface area contributed by atoms with Crippen LogP contribution < -0.4 is 10.6 Å². The smallest absolute Gasteiger partial charge is 0.338 e. The molecule has 132 valence electrons. The molecule has 0 aliphatic rings. The number of pyridine rings is 1. The number of carbonyl (C=O) groups is 2. The molecule has 0 bridgehead atoms. The van der Waals surface area contributed by atoms with E-state index in [1.165, 1.54) is 24.5 Å². The van der Waals surface area contributed by atoms with Gasteiger partial charge in [0.25, 0.3) is 5.91 Å². The van der Waals surface area contributed by atoms with Crippen molar-refractivity contribution in [3.05, 3.63) is 65.1 Å². The Morgan fingerprint density at radius 3 is 2.65 bits per heavy atom. The van der Waals surface area contributed by atoms with Crippen molar-refractivity contribution in [3.63, 3.8) is 0 Å². The van der Waals surface area contributed by atoms with Crippen LogP contribution in [0.1, 0.15) is 17.3 Å².